The molecule has 0 aliphatic carbocycles. The number of halogens is 1. The fourth-order valence-electron chi connectivity index (χ4n) is 2.09. The van der Waals surface area contributed by atoms with Gasteiger partial charge in [0, 0.05) is 6.04 Å². The van der Waals surface area contributed by atoms with Gasteiger partial charge < -0.3 is 10.5 Å². The summed E-state index contributed by atoms with van der Waals surface area (Å²) in [6.07, 6.45) is 4.93. The van der Waals surface area contributed by atoms with Crippen molar-refractivity contribution >= 4 is 11.6 Å². The Bertz CT molecular complexity index is 393. The molecule has 0 bridgehead atoms. The summed E-state index contributed by atoms with van der Waals surface area (Å²) in [7, 11) is 0. The molecule has 0 aliphatic heterocycles. The summed E-state index contributed by atoms with van der Waals surface area (Å²) < 4.78 is 5.81. The molecule has 108 valence electrons. The van der Waals surface area contributed by atoms with Gasteiger partial charge in [-0.2, -0.15) is 0 Å². The summed E-state index contributed by atoms with van der Waals surface area (Å²) >= 11 is 6.37. The van der Waals surface area contributed by atoms with Crippen molar-refractivity contribution in [2.45, 2.75) is 58.9 Å². The highest BCUT2D eigenvalue weighted by molar-refractivity contribution is 6.32. The average molecular weight is 284 g/mol. The first-order valence-electron chi connectivity index (χ1n) is 7.31. The molecule has 1 rings (SSSR count). The Morgan fingerprint density at radius 1 is 1.21 bits per heavy atom. The van der Waals surface area contributed by atoms with E-state index >= 15 is 0 Å². The minimum atomic E-state index is 0.164. The Kier molecular flexibility index (Phi) is 7.25. The number of hydrogen-bond donors (Lipinski definition) is 1. The van der Waals surface area contributed by atoms with Crippen LogP contribution in [0, 0.1) is 0 Å². The Balaban J connectivity index is 3.03. The van der Waals surface area contributed by atoms with Crippen LogP contribution in [0.5, 0.6) is 5.75 Å². The third-order valence-corrected chi connectivity index (χ3v) is 3.46. The van der Waals surface area contributed by atoms with Crippen LogP contribution < -0.4 is 10.5 Å². The van der Waals surface area contributed by atoms with Crippen molar-refractivity contribution < 1.29 is 4.74 Å². The van der Waals surface area contributed by atoms with Gasteiger partial charge in [0.2, 0.25) is 0 Å². The summed E-state index contributed by atoms with van der Waals surface area (Å²) in [6, 6.07) is 4.39. The zero-order valence-electron chi connectivity index (χ0n) is 12.3. The molecule has 1 aromatic carbocycles. The lowest BCUT2D eigenvalue weighted by Gasteiger charge is -2.17. The van der Waals surface area contributed by atoms with Crippen LogP contribution in [-0.2, 0) is 12.8 Å². The van der Waals surface area contributed by atoms with E-state index in [1.54, 1.807) is 0 Å². The van der Waals surface area contributed by atoms with E-state index in [0.717, 1.165) is 48.4 Å². The maximum absolute atomic E-state index is 6.37. The molecular formula is C16H26ClNO. The fourth-order valence-corrected chi connectivity index (χ4v) is 2.41. The first kappa shape index (κ1) is 16.3. The highest BCUT2D eigenvalue weighted by Gasteiger charge is 2.13. The lowest BCUT2D eigenvalue weighted by atomic mass is 9.99. The van der Waals surface area contributed by atoms with Crippen molar-refractivity contribution in [1.29, 1.82) is 0 Å². The molecule has 0 fully saturated rings. The van der Waals surface area contributed by atoms with E-state index in [1.165, 1.54) is 5.56 Å². The molecule has 3 heteroatoms. The number of nitrogens with two attached hydrogens (primary N) is 1. The smallest absolute Gasteiger partial charge is 0.141 e. The number of ether oxygens (including phenoxy) is 1. The van der Waals surface area contributed by atoms with Crippen molar-refractivity contribution in [2.75, 3.05) is 6.61 Å². The van der Waals surface area contributed by atoms with E-state index in [1.807, 2.05) is 6.07 Å². The van der Waals surface area contributed by atoms with E-state index < -0.39 is 0 Å². The van der Waals surface area contributed by atoms with Gasteiger partial charge in [0.05, 0.1) is 11.6 Å². The summed E-state index contributed by atoms with van der Waals surface area (Å²) in [5.74, 6) is 0.826. The van der Waals surface area contributed by atoms with Crippen molar-refractivity contribution in [3.05, 3.63) is 28.3 Å². The molecule has 0 saturated carbocycles. The van der Waals surface area contributed by atoms with Crippen LogP contribution in [0.15, 0.2) is 12.1 Å². The maximum atomic E-state index is 6.37. The molecule has 0 spiro atoms. The molecule has 1 atom stereocenters. The number of benzene rings is 1. The third-order valence-electron chi connectivity index (χ3n) is 3.18. The second-order valence-corrected chi connectivity index (χ2v) is 5.44. The van der Waals surface area contributed by atoms with Gasteiger partial charge >= 0.3 is 0 Å². The molecule has 19 heavy (non-hydrogen) atoms. The van der Waals surface area contributed by atoms with E-state index in [9.17, 15) is 0 Å². The van der Waals surface area contributed by atoms with Gasteiger partial charge in [-0.05, 0) is 42.9 Å². The van der Waals surface area contributed by atoms with E-state index in [0.29, 0.717) is 6.61 Å². The van der Waals surface area contributed by atoms with Gasteiger partial charge in [-0.25, -0.2) is 0 Å². The molecule has 0 radical (unpaired) electrons. The predicted molar refractivity (Wildman–Crippen MR) is 83.2 cm³/mol. The van der Waals surface area contributed by atoms with Crippen LogP contribution in [-0.4, -0.2) is 12.6 Å². The molecule has 0 saturated heterocycles. The molecule has 2 N–H and O–H groups in total. The summed E-state index contributed by atoms with van der Waals surface area (Å²) in [5, 5.41) is 0.720. The number of hydrogen-bond acceptors (Lipinski definition) is 2. The predicted octanol–water partition coefficient (Wildman–Crippen LogP) is 4.36. The molecule has 2 nitrogen and oxygen atoms in total. The van der Waals surface area contributed by atoms with Crippen molar-refractivity contribution in [3.8, 4) is 5.75 Å². The number of aryl methyl sites for hydroxylation is 1. The van der Waals surface area contributed by atoms with Gasteiger partial charge in [-0.1, -0.05) is 44.9 Å². The van der Waals surface area contributed by atoms with Crippen LogP contribution in [0.25, 0.3) is 0 Å². The normalized spacial score (nSPS) is 12.5. The van der Waals surface area contributed by atoms with Crippen LogP contribution in [0.3, 0.4) is 0 Å². The monoisotopic (exact) mass is 283 g/mol. The van der Waals surface area contributed by atoms with Gasteiger partial charge in [-0.15, -0.1) is 0 Å². The summed E-state index contributed by atoms with van der Waals surface area (Å²) in [6.45, 7) is 7.07. The molecule has 0 aliphatic rings. The van der Waals surface area contributed by atoms with Crippen molar-refractivity contribution in [2.24, 2.45) is 5.73 Å². The lowest BCUT2D eigenvalue weighted by molar-refractivity contribution is 0.313. The largest absolute Gasteiger partial charge is 0.492 e. The van der Waals surface area contributed by atoms with Crippen molar-refractivity contribution in [3.63, 3.8) is 0 Å². The Morgan fingerprint density at radius 3 is 2.53 bits per heavy atom. The molecule has 0 aromatic heterocycles. The third kappa shape index (κ3) is 5.04. The quantitative estimate of drug-likeness (QED) is 0.769. The van der Waals surface area contributed by atoms with Crippen LogP contribution in [0.1, 0.15) is 51.2 Å². The minimum absolute atomic E-state index is 0.164. The van der Waals surface area contributed by atoms with Crippen LogP contribution >= 0.6 is 11.6 Å². The summed E-state index contributed by atoms with van der Waals surface area (Å²) in [4.78, 5) is 0. The maximum Gasteiger partial charge on any atom is 0.141 e. The summed E-state index contributed by atoms with van der Waals surface area (Å²) in [5.41, 5.74) is 8.50. The van der Waals surface area contributed by atoms with E-state index in [4.69, 9.17) is 22.1 Å². The Hall–Kier alpha value is -0.730. The average Bonchev–Trinajstić information content (AvgIpc) is 2.38. The second kappa shape index (κ2) is 8.44. The first-order chi connectivity index (χ1) is 9.12. The van der Waals surface area contributed by atoms with Gasteiger partial charge in [-0.3, -0.25) is 0 Å². The van der Waals surface area contributed by atoms with E-state index in [2.05, 4.69) is 26.8 Å². The standard InChI is InChI=1S/C16H26ClNO/c1-4-7-12-9-13(11-14(18)6-3)16(15(17)10-12)19-8-5-2/h9-10,14H,4-8,11,18H2,1-3H3. The fraction of sp³-hybridized carbons (Fsp3) is 0.625. The SMILES string of the molecule is CCCOc1c(Cl)cc(CCC)cc1CC(N)CC. The zero-order valence-corrected chi connectivity index (χ0v) is 13.1. The highest BCUT2D eigenvalue weighted by Crippen LogP contribution is 2.32. The molecule has 0 heterocycles. The Labute approximate surface area is 122 Å². The van der Waals surface area contributed by atoms with Crippen molar-refractivity contribution in [1.82, 2.24) is 0 Å². The van der Waals surface area contributed by atoms with Crippen LogP contribution in [0.4, 0.5) is 0 Å². The number of rotatable bonds is 8. The Morgan fingerprint density at radius 2 is 1.95 bits per heavy atom. The molecule has 1 aromatic rings. The molecular weight excluding hydrogens is 258 g/mol. The van der Waals surface area contributed by atoms with Gasteiger partial charge in [0.1, 0.15) is 5.75 Å². The van der Waals surface area contributed by atoms with E-state index in [-0.39, 0.29) is 6.04 Å². The van der Waals surface area contributed by atoms with Gasteiger partial charge in [0.25, 0.3) is 0 Å². The van der Waals surface area contributed by atoms with Crippen LogP contribution in [0.2, 0.25) is 5.02 Å². The molecule has 1 unspecified atom stereocenters. The lowest BCUT2D eigenvalue weighted by Crippen LogP contribution is -2.22. The second-order valence-electron chi connectivity index (χ2n) is 5.04. The first-order valence-corrected chi connectivity index (χ1v) is 7.69. The highest BCUT2D eigenvalue weighted by atomic mass is 35.5. The molecule has 0 amide bonds. The topological polar surface area (TPSA) is 35.2 Å². The zero-order chi connectivity index (χ0) is 14.3. The van der Waals surface area contributed by atoms with Gasteiger partial charge in [0.15, 0.2) is 0 Å². The minimum Gasteiger partial charge on any atom is -0.492 e.